The summed E-state index contributed by atoms with van der Waals surface area (Å²) in [5.41, 5.74) is 6.77. The van der Waals surface area contributed by atoms with Crippen LogP contribution in [-0.2, 0) is 6.54 Å². The van der Waals surface area contributed by atoms with Gasteiger partial charge in [-0.15, -0.1) is 0 Å². The number of nitrogens with zero attached hydrogens (tertiary/aromatic N) is 1. The maximum absolute atomic E-state index is 13.9. The number of thiocarbonyl (C=S) groups is 1. The molecule has 0 unspecified atom stereocenters. The van der Waals surface area contributed by atoms with E-state index in [1.54, 1.807) is 12.1 Å². The van der Waals surface area contributed by atoms with Gasteiger partial charge in [-0.1, -0.05) is 44.6 Å². The van der Waals surface area contributed by atoms with Crippen LogP contribution in [0.5, 0.6) is 0 Å². The molecule has 0 aliphatic carbocycles. The summed E-state index contributed by atoms with van der Waals surface area (Å²) in [6.45, 7) is 6.82. The van der Waals surface area contributed by atoms with E-state index in [9.17, 15) is 4.39 Å². The van der Waals surface area contributed by atoms with Crippen molar-refractivity contribution in [1.82, 2.24) is 4.90 Å². The Bertz CT molecular complexity index is 407. The van der Waals surface area contributed by atoms with Crippen molar-refractivity contribution in [3.05, 3.63) is 35.1 Å². The quantitative estimate of drug-likeness (QED) is 0.771. The van der Waals surface area contributed by atoms with Crippen LogP contribution in [-0.4, -0.2) is 23.0 Å². The molecule has 0 saturated heterocycles. The van der Waals surface area contributed by atoms with Gasteiger partial charge in [0.1, 0.15) is 10.8 Å². The van der Waals surface area contributed by atoms with E-state index in [4.69, 9.17) is 18.0 Å². The zero-order chi connectivity index (χ0) is 13.5. The van der Waals surface area contributed by atoms with E-state index in [1.807, 2.05) is 0 Å². The van der Waals surface area contributed by atoms with E-state index in [2.05, 4.69) is 18.7 Å². The van der Waals surface area contributed by atoms with Crippen molar-refractivity contribution in [2.24, 2.45) is 5.73 Å². The SMILES string of the molecule is CCCCN(CC)Cc1ccc(C(N)=S)cc1F. The molecule has 0 saturated carbocycles. The van der Waals surface area contributed by atoms with Gasteiger partial charge < -0.3 is 5.73 Å². The molecule has 0 aliphatic rings. The average molecular weight is 268 g/mol. The van der Waals surface area contributed by atoms with Crippen LogP contribution in [0.4, 0.5) is 4.39 Å². The normalized spacial score (nSPS) is 10.9. The standard InChI is InChI=1S/C14H21FN2S/c1-3-5-8-17(4-2)10-12-7-6-11(14(16)18)9-13(12)15/h6-7,9H,3-5,8,10H2,1-2H3,(H2,16,18). The predicted octanol–water partition coefficient (Wildman–Crippen LogP) is 3.08. The van der Waals surface area contributed by atoms with Crippen LogP contribution in [0, 0.1) is 5.82 Å². The first-order chi connectivity index (χ1) is 8.58. The Kier molecular flexibility index (Phi) is 6.22. The first-order valence-corrected chi connectivity index (χ1v) is 6.79. The van der Waals surface area contributed by atoms with Gasteiger partial charge in [0.2, 0.25) is 0 Å². The Hall–Kier alpha value is -1.00. The maximum atomic E-state index is 13.9. The molecular formula is C14H21FN2S. The fraction of sp³-hybridized carbons (Fsp3) is 0.500. The van der Waals surface area contributed by atoms with Crippen LogP contribution in [0.15, 0.2) is 18.2 Å². The number of hydrogen-bond donors (Lipinski definition) is 1. The summed E-state index contributed by atoms with van der Waals surface area (Å²) in [4.78, 5) is 2.47. The molecule has 0 bridgehead atoms. The Morgan fingerprint density at radius 3 is 2.61 bits per heavy atom. The second-order valence-corrected chi connectivity index (χ2v) is 4.83. The van der Waals surface area contributed by atoms with Gasteiger partial charge in [-0.3, -0.25) is 4.90 Å². The van der Waals surface area contributed by atoms with Crippen LogP contribution in [0.3, 0.4) is 0 Å². The van der Waals surface area contributed by atoms with Gasteiger partial charge in [0, 0.05) is 17.7 Å². The summed E-state index contributed by atoms with van der Waals surface area (Å²) in [6, 6.07) is 4.98. The summed E-state index contributed by atoms with van der Waals surface area (Å²) >= 11 is 4.83. The van der Waals surface area contributed by atoms with Crippen LogP contribution in [0.1, 0.15) is 37.8 Å². The lowest BCUT2D eigenvalue weighted by Crippen LogP contribution is -2.24. The third-order valence-electron chi connectivity index (χ3n) is 3.01. The number of unbranched alkanes of at least 4 members (excludes halogenated alkanes) is 1. The number of benzene rings is 1. The molecule has 1 aromatic rings. The van der Waals surface area contributed by atoms with E-state index in [-0.39, 0.29) is 10.8 Å². The van der Waals surface area contributed by atoms with Gasteiger partial charge in [0.05, 0.1) is 0 Å². The molecule has 1 rings (SSSR count). The van der Waals surface area contributed by atoms with Crippen molar-refractivity contribution in [2.45, 2.75) is 33.2 Å². The van der Waals surface area contributed by atoms with Crippen molar-refractivity contribution >= 4 is 17.2 Å². The van der Waals surface area contributed by atoms with E-state index >= 15 is 0 Å². The second-order valence-electron chi connectivity index (χ2n) is 4.39. The minimum Gasteiger partial charge on any atom is -0.389 e. The first-order valence-electron chi connectivity index (χ1n) is 6.39. The molecule has 2 nitrogen and oxygen atoms in total. The molecule has 0 fully saturated rings. The molecule has 0 spiro atoms. The molecule has 0 heterocycles. The van der Waals surface area contributed by atoms with Crippen molar-refractivity contribution in [2.75, 3.05) is 13.1 Å². The zero-order valence-corrected chi connectivity index (χ0v) is 11.9. The topological polar surface area (TPSA) is 29.3 Å². The Labute approximate surface area is 114 Å². The fourth-order valence-electron chi connectivity index (χ4n) is 1.80. The van der Waals surface area contributed by atoms with Crippen LogP contribution in [0.25, 0.3) is 0 Å². The number of halogens is 1. The van der Waals surface area contributed by atoms with Gasteiger partial charge in [-0.25, -0.2) is 4.39 Å². The molecule has 100 valence electrons. The lowest BCUT2D eigenvalue weighted by atomic mass is 10.1. The highest BCUT2D eigenvalue weighted by Gasteiger charge is 2.09. The van der Waals surface area contributed by atoms with E-state index < -0.39 is 0 Å². The largest absolute Gasteiger partial charge is 0.389 e. The Morgan fingerprint density at radius 1 is 1.39 bits per heavy atom. The average Bonchev–Trinajstić information content (AvgIpc) is 2.35. The predicted molar refractivity (Wildman–Crippen MR) is 78.1 cm³/mol. The van der Waals surface area contributed by atoms with Crippen LogP contribution in [0.2, 0.25) is 0 Å². The molecule has 4 heteroatoms. The number of nitrogens with two attached hydrogens (primary N) is 1. The minimum absolute atomic E-state index is 0.227. The van der Waals surface area contributed by atoms with Crippen molar-refractivity contribution in [3.63, 3.8) is 0 Å². The summed E-state index contributed by atoms with van der Waals surface area (Å²) in [5, 5.41) is 0. The number of hydrogen-bond acceptors (Lipinski definition) is 2. The highest BCUT2D eigenvalue weighted by molar-refractivity contribution is 7.80. The molecule has 0 aromatic heterocycles. The first kappa shape index (κ1) is 15.1. The maximum Gasteiger partial charge on any atom is 0.128 e. The van der Waals surface area contributed by atoms with E-state index in [1.165, 1.54) is 6.07 Å². The van der Waals surface area contributed by atoms with Gasteiger partial charge in [-0.05, 0) is 25.6 Å². The summed E-state index contributed by atoms with van der Waals surface area (Å²) in [5.74, 6) is -0.227. The van der Waals surface area contributed by atoms with Gasteiger partial charge in [0.25, 0.3) is 0 Å². The molecule has 1 aromatic carbocycles. The molecule has 0 aliphatic heterocycles. The zero-order valence-electron chi connectivity index (χ0n) is 11.1. The highest BCUT2D eigenvalue weighted by atomic mass is 32.1. The van der Waals surface area contributed by atoms with E-state index in [0.717, 1.165) is 25.9 Å². The smallest absolute Gasteiger partial charge is 0.128 e. The van der Waals surface area contributed by atoms with Crippen LogP contribution < -0.4 is 5.73 Å². The Morgan fingerprint density at radius 2 is 2.11 bits per heavy atom. The monoisotopic (exact) mass is 268 g/mol. The van der Waals surface area contributed by atoms with Gasteiger partial charge in [-0.2, -0.15) is 0 Å². The molecule has 0 amide bonds. The summed E-state index contributed by atoms with van der Waals surface area (Å²) in [6.07, 6.45) is 2.29. The number of rotatable bonds is 7. The van der Waals surface area contributed by atoms with Crippen molar-refractivity contribution < 1.29 is 4.39 Å². The fourth-order valence-corrected chi connectivity index (χ4v) is 1.93. The molecule has 18 heavy (non-hydrogen) atoms. The molecule has 0 radical (unpaired) electrons. The van der Waals surface area contributed by atoms with E-state index in [0.29, 0.717) is 17.7 Å². The molecule has 2 N–H and O–H groups in total. The lowest BCUT2D eigenvalue weighted by molar-refractivity contribution is 0.271. The minimum atomic E-state index is -0.227. The third kappa shape index (κ3) is 4.35. The second kappa shape index (κ2) is 7.44. The van der Waals surface area contributed by atoms with Crippen LogP contribution >= 0.6 is 12.2 Å². The highest BCUT2D eigenvalue weighted by Crippen LogP contribution is 2.13. The van der Waals surface area contributed by atoms with Gasteiger partial charge >= 0.3 is 0 Å². The van der Waals surface area contributed by atoms with Gasteiger partial charge in [0.15, 0.2) is 0 Å². The molecular weight excluding hydrogens is 247 g/mol. The van der Waals surface area contributed by atoms with Crippen molar-refractivity contribution in [1.29, 1.82) is 0 Å². The lowest BCUT2D eigenvalue weighted by Gasteiger charge is -2.20. The summed E-state index contributed by atoms with van der Waals surface area (Å²) in [7, 11) is 0. The van der Waals surface area contributed by atoms with Crippen molar-refractivity contribution in [3.8, 4) is 0 Å². The third-order valence-corrected chi connectivity index (χ3v) is 3.24. The summed E-state index contributed by atoms with van der Waals surface area (Å²) < 4.78 is 13.9. The molecule has 0 atom stereocenters. The Balaban J connectivity index is 2.74.